The molecule has 0 spiro atoms. The Morgan fingerprint density at radius 3 is 2.86 bits per heavy atom. The average molecular weight is 300 g/mol. The SMILES string of the molecule is Cc1ccc(-c2nc(CSc3nncn3C)co2)c(C)c1. The summed E-state index contributed by atoms with van der Waals surface area (Å²) in [6, 6.07) is 6.25. The first-order valence-electron chi connectivity index (χ1n) is 6.62. The fourth-order valence-corrected chi connectivity index (χ4v) is 2.86. The maximum atomic E-state index is 5.60. The molecule has 0 saturated carbocycles. The molecule has 0 aliphatic rings. The first-order valence-corrected chi connectivity index (χ1v) is 7.61. The van der Waals surface area contributed by atoms with E-state index in [0.717, 1.165) is 16.4 Å². The molecule has 0 saturated heterocycles. The van der Waals surface area contributed by atoms with Crippen molar-refractivity contribution in [3.05, 3.63) is 47.6 Å². The summed E-state index contributed by atoms with van der Waals surface area (Å²) < 4.78 is 7.49. The van der Waals surface area contributed by atoms with Gasteiger partial charge in [-0.1, -0.05) is 29.5 Å². The van der Waals surface area contributed by atoms with E-state index in [9.17, 15) is 0 Å². The van der Waals surface area contributed by atoms with E-state index in [4.69, 9.17) is 4.42 Å². The van der Waals surface area contributed by atoms with Crippen LogP contribution in [-0.4, -0.2) is 19.7 Å². The van der Waals surface area contributed by atoms with Gasteiger partial charge in [-0.05, 0) is 25.5 Å². The molecule has 2 aromatic heterocycles. The molecule has 0 amide bonds. The number of hydrogen-bond acceptors (Lipinski definition) is 5. The van der Waals surface area contributed by atoms with Crippen molar-refractivity contribution >= 4 is 11.8 Å². The number of rotatable bonds is 4. The second-order valence-electron chi connectivity index (χ2n) is 4.98. The highest BCUT2D eigenvalue weighted by atomic mass is 32.2. The van der Waals surface area contributed by atoms with Gasteiger partial charge in [0.2, 0.25) is 5.89 Å². The number of nitrogens with zero attached hydrogens (tertiary/aromatic N) is 4. The predicted molar refractivity (Wildman–Crippen MR) is 82.0 cm³/mol. The molecule has 2 heterocycles. The summed E-state index contributed by atoms with van der Waals surface area (Å²) in [5.74, 6) is 1.38. The highest BCUT2D eigenvalue weighted by molar-refractivity contribution is 7.98. The van der Waals surface area contributed by atoms with Gasteiger partial charge in [0.05, 0.1) is 5.69 Å². The molecule has 0 N–H and O–H groups in total. The normalized spacial score (nSPS) is 11.0. The van der Waals surface area contributed by atoms with Gasteiger partial charge < -0.3 is 8.98 Å². The van der Waals surface area contributed by atoms with Crippen molar-refractivity contribution in [1.82, 2.24) is 19.7 Å². The van der Waals surface area contributed by atoms with Crippen molar-refractivity contribution in [2.45, 2.75) is 24.8 Å². The van der Waals surface area contributed by atoms with Crippen LogP contribution in [0.25, 0.3) is 11.5 Å². The van der Waals surface area contributed by atoms with E-state index < -0.39 is 0 Å². The highest BCUT2D eigenvalue weighted by Gasteiger charge is 2.10. The Morgan fingerprint density at radius 1 is 1.29 bits per heavy atom. The summed E-state index contributed by atoms with van der Waals surface area (Å²) in [7, 11) is 1.92. The van der Waals surface area contributed by atoms with Crippen LogP contribution in [0.5, 0.6) is 0 Å². The Bertz CT molecular complexity index is 763. The molecule has 0 bridgehead atoms. The minimum atomic E-state index is 0.668. The van der Waals surface area contributed by atoms with Crippen LogP contribution in [0, 0.1) is 13.8 Å². The van der Waals surface area contributed by atoms with Gasteiger partial charge >= 0.3 is 0 Å². The molecule has 108 valence electrons. The van der Waals surface area contributed by atoms with Gasteiger partial charge in [0.25, 0.3) is 0 Å². The molecule has 3 rings (SSSR count). The molecule has 21 heavy (non-hydrogen) atoms. The van der Waals surface area contributed by atoms with Gasteiger partial charge in [0.1, 0.15) is 12.6 Å². The summed E-state index contributed by atoms with van der Waals surface area (Å²) in [5.41, 5.74) is 4.35. The maximum Gasteiger partial charge on any atom is 0.226 e. The highest BCUT2D eigenvalue weighted by Crippen LogP contribution is 2.26. The molecule has 0 radical (unpaired) electrons. The molecule has 3 aromatic rings. The van der Waals surface area contributed by atoms with E-state index in [1.54, 1.807) is 24.4 Å². The molecule has 0 aliphatic heterocycles. The second kappa shape index (κ2) is 5.73. The topological polar surface area (TPSA) is 56.7 Å². The van der Waals surface area contributed by atoms with Crippen molar-refractivity contribution < 1.29 is 4.42 Å². The second-order valence-corrected chi connectivity index (χ2v) is 5.92. The van der Waals surface area contributed by atoms with Gasteiger partial charge in [0.15, 0.2) is 5.16 Å². The number of aryl methyl sites for hydroxylation is 3. The van der Waals surface area contributed by atoms with E-state index in [0.29, 0.717) is 11.6 Å². The molecule has 0 atom stereocenters. The number of thioether (sulfide) groups is 1. The smallest absolute Gasteiger partial charge is 0.226 e. The number of benzene rings is 1. The van der Waals surface area contributed by atoms with Crippen LogP contribution in [-0.2, 0) is 12.8 Å². The first-order chi connectivity index (χ1) is 10.1. The van der Waals surface area contributed by atoms with E-state index >= 15 is 0 Å². The zero-order valence-corrected chi connectivity index (χ0v) is 13.0. The Morgan fingerprint density at radius 2 is 2.14 bits per heavy atom. The van der Waals surface area contributed by atoms with Crippen LogP contribution >= 0.6 is 11.8 Å². The Balaban J connectivity index is 1.75. The van der Waals surface area contributed by atoms with E-state index in [2.05, 4.69) is 47.2 Å². The molecule has 6 heteroatoms. The van der Waals surface area contributed by atoms with E-state index in [1.807, 2.05) is 11.6 Å². The molecule has 5 nitrogen and oxygen atoms in total. The zero-order chi connectivity index (χ0) is 14.8. The van der Waals surface area contributed by atoms with Crippen LogP contribution < -0.4 is 0 Å². The molecular formula is C15H16N4OS. The lowest BCUT2D eigenvalue weighted by atomic mass is 10.1. The minimum Gasteiger partial charge on any atom is -0.444 e. The molecule has 0 aliphatic carbocycles. The maximum absolute atomic E-state index is 5.60. The fraction of sp³-hybridized carbons (Fsp3) is 0.267. The van der Waals surface area contributed by atoms with Crippen LogP contribution in [0.2, 0.25) is 0 Å². The largest absolute Gasteiger partial charge is 0.444 e. The Hall–Kier alpha value is -2.08. The lowest BCUT2D eigenvalue weighted by Crippen LogP contribution is -1.90. The molecular weight excluding hydrogens is 284 g/mol. The third kappa shape index (κ3) is 3.00. The third-order valence-electron chi connectivity index (χ3n) is 3.18. The number of hydrogen-bond donors (Lipinski definition) is 0. The summed E-state index contributed by atoms with van der Waals surface area (Å²) >= 11 is 1.59. The number of oxazole rings is 1. The van der Waals surface area contributed by atoms with Crippen molar-refractivity contribution in [2.75, 3.05) is 0 Å². The van der Waals surface area contributed by atoms with E-state index in [1.165, 1.54) is 11.1 Å². The van der Waals surface area contributed by atoms with Gasteiger partial charge in [-0.2, -0.15) is 0 Å². The van der Waals surface area contributed by atoms with Gasteiger partial charge in [-0.25, -0.2) is 4.98 Å². The summed E-state index contributed by atoms with van der Waals surface area (Å²) in [6.45, 7) is 4.15. The molecule has 1 aromatic carbocycles. The third-order valence-corrected chi connectivity index (χ3v) is 4.25. The lowest BCUT2D eigenvalue weighted by molar-refractivity contribution is 0.573. The summed E-state index contributed by atoms with van der Waals surface area (Å²) in [5, 5.41) is 8.76. The van der Waals surface area contributed by atoms with Crippen LogP contribution in [0.3, 0.4) is 0 Å². The standard InChI is InChI=1S/C15H16N4OS/c1-10-4-5-13(11(2)6-10)14-17-12(7-20-14)8-21-15-18-16-9-19(15)3/h4-7,9H,8H2,1-3H3. The quantitative estimate of drug-likeness (QED) is 0.691. The van der Waals surface area contributed by atoms with E-state index in [-0.39, 0.29) is 0 Å². The zero-order valence-electron chi connectivity index (χ0n) is 12.2. The Labute approximate surface area is 127 Å². The molecule has 0 unspecified atom stereocenters. The first kappa shape index (κ1) is 13.9. The van der Waals surface area contributed by atoms with Crippen molar-refractivity contribution in [1.29, 1.82) is 0 Å². The molecule has 0 fully saturated rings. The van der Waals surface area contributed by atoms with Crippen molar-refractivity contribution in [2.24, 2.45) is 7.05 Å². The number of aromatic nitrogens is 4. The minimum absolute atomic E-state index is 0.668. The van der Waals surface area contributed by atoms with Gasteiger partial charge in [-0.3, -0.25) is 0 Å². The summed E-state index contributed by atoms with van der Waals surface area (Å²) in [4.78, 5) is 4.56. The van der Waals surface area contributed by atoms with Gasteiger partial charge in [-0.15, -0.1) is 10.2 Å². The van der Waals surface area contributed by atoms with Gasteiger partial charge in [0, 0.05) is 18.4 Å². The Kier molecular flexibility index (Phi) is 3.79. The van der Waals surface area contributed by atoms with Crippen molar-refractivity contribution in [3.8, 4) is 11.5 Å². The van der Waals surface area contributed by atoms with Crippen LogP contribution in [0.15, 0.2) is 40.4 Å². The van der Waals surface area contributed by atoms with Crippen LogP contribution in [0.4, 0.5) is 0 Å². The fourth-order valence-electron chi connectivity index (χ4n) is 2.09. The van der Waals surface area contributed by atoms with Crippen LogP contribution in [0.1, 0.15) is 16.8 Å². The lowest BCUT2D eigenvalue weighted by Gasteiger charge is -2.02. The monoisotopic (exact) mass is 300 g/mol. The predicted octanol–water partition coefficient (Wildman–Crippen LogP) is 3.38. The average Bonchev–Trinajstić information content (AvgIpc) is 3.05. The summed E-state index contributed by atoms with van der Waals surface area (Å²) in [6.07, 6.45) is 3.39. The van der Waals surface area contributed by atoms with Crippen molar-refractivity contribution in [3.63, 3.8) is 0 Å².